The molecule has 0 aliphatic rings. The van der Waals surface area contributed by atoms with E-state index in [1.54, 1.807) is 11.3 Å². The second-order valence-corrected chi connectivity index (χ2v) is 6.07. The highest BCUT2D eigenvalue weighted by Crippen LogP contribution is 2.14. The van der Waals surface area contributed by atoms with Gasteiger partial charge in [-0.2, -0.15) is 17.0 Å². The van der Waals surface area contributed by atoms with Crippen LogP contribution in [0.25, 0.3) is 0 Å². The Labute approximate surface area is 106 Å². The molecule has 1 aromatic rings. The summed E-state index contributed by atoms with van der Waals surface area (Å²) in [6.45, 7) is 5.29. The van der Waals surface area contributed by atoms with Gasteiger partial charge in [-0.05, 0) is 30.9 Å². The molecule has 88 valence electrons. The molecule has 1 N–H and O–H groups in total. The number of thiophene rings is 1. The molecule has 1 aromatic heterocycles. The Bertz CT molecular complexity index is 341. The van der Waals surface area contributed by atoms with Gasteiger partial charge in [0, 0.05) is 22.8 Å². The van der Waals surface area contributed by atoms with Gasteiger partial charge in [-0.1, -0.05) is 6.92 Å². The van der Waals surface area contributed by atoms with Gasteiger partial charge >= 0.3 is 0 Å². The first-order chi connectivity index (χ1) is 7.76. The molecule has 0 aromatic carbocycles. The molecule has 16 heavy (non-hydrogen) atoms. The molecule has 1 atom stereocenters. The van der Waals surface area contributed by atoms with Gasteiger partial charge in [0.2, 0.25) is 0 Å². The van der Waals surface area contributed by atoms with E-state index in [2.05, 4.69) is 25.2 Å². The molecule has 0 saturated carbocycles. The van der Waals surface area contributed by atoms with Gasteiger partial charge in [0.15, 0.2) is 0 Å². The van der Waals surface area contributed by atoms with Crippen molar-refractivity contribution in [2.45, 2.75) is 32.9 Å². The van der Waals surface area contributed by atoms with Gasteiger partial charge in [0.1, 0.15) is 6.07 Å². The van der Waals surface area contributed by atoms with E-state index in [1.165, 1.54) is 22.8 Å². The van der Waals surface area contributed by atoms with Crippen LogP contribution in [0.1, 0.15) is 30.7 Å². The lowest BCUT2D eigenvalue weighted by atomic mass is 10.2. The molecule has 1 unspecified atom stereocenters. The number of nitrogens with one attached hydrogen (secondary N) is 1. The van der Waals surface area contributed by atoms with Gasteiger partial charge < -0.3 is 5.32 Å². The van der Waals surface area contributed by atoms with E-state index in [4.69, 9.17) is 5.26 Å². The highest BCUT2D eigenvalue weighted by Gasteiger charge is 2.03. The number of hydrogen-bond donors (Lipinski definition) is 1. The second kappa shape index (κ2) is 7.72. The Morgan fingerprint density at radius 1 is 1.62 bits per heavy atom. The van der Waals surface area contributed by atoms with Crippen LogP contribution in [0.15, 0.2) is 11.4 Å². The van der Waals surface area contributed by atoms with E-state index in [-0.39, 0.29) is 0 Å². The Morgan fingerprint density at radius 3 is 3.06 bits per heavy atom. The molecule has 0 bridgehead atoms. The summed E-state index contributed by atoms with van der Waals surface area (Å²) in [5.74, 6) is 2.42. The lowest BCUT2D eigenvalue weighted by Crippen LogP contribution is -2.25. The van der Waals surface area contributed by atoms with Gasteiger partial charge in [-0.15, -0.1) is 11.3 Å². The lowest BCUT2D eigenvalue weighted by molar-refractivity contribution is 0.540. The average Bonchev–Trinajstić information content (AvgIpc) is 2.74. The predicted molar refractivity (Wildman–Crippen MR) is 73.0 cm³/mol. The molecule has 1 heterocycles. The van der Waals surface area contributed by atoms with Crippen molar-refractivity contribution in [2.75, 3.05) is 11.5 Å². The fourth-order valence-electron chi connectivity index (χ4n) is 1.31. The van der Waals surface area contributed by atoms with Crippen molar-refractivity contribution in [3.8, 4) is 6.07 Å². The summed E-state index contributed by atoms with van der Waals surface area (Å²) < 4.78 is 0. The van der Waals surface area contributed by atoms with Gasteiger partial charge in [-0.25, -0.2) is 0 Å². The van der Waals surface area contributed by atoms with Crippen LogP contribution in [-0.2, 0) is 6.54 Å². The Hall–Kier alpha value is -0.500. The Balaban J connectivity index is 2.21. The van der Waals surface area contributed by atoms with E-state index < -0.39 is 0 Å². The fourth-order valence-corrected chi connectivity index (χ4v) is 2.88. The van der Waals surface area contributed by atoms with Crippen molar-refractivity contribution >= 4 is 23.1 Å². The first-order valence-corrected chi connectivity index (χ1v) is 7.58. The van der Waals surface area contributed by atoms with Gasteiger partial charge in [0.05, 0.1) is 5.56 Å². The maximum absolute atomic E-state index is 8.71. The van der Waals surface area contributed by atoms with Crippen LogP contribution in [0.4, 0.5) is 0 Å². The molecule has 0 radical (unpaired) electrons. The number of thioether (sulfide) groups is 1. The molecule has 0 saturated heterocycles. The van der Waals surface area contributed by atoms with Crippen molar-refractivity contribution in [2.24, 2.45) is 0 Å². The normalized spacial score (nSPS) is 12.3. The summed E-state index contributed by atoms with van der Waals surface area (Å²) in [5.41, 5.74) is 0.774. The molecule has 0 aliphatic carbocycles. The number of nitrogens with zero attached hydrogens (tertiary/aromatic N) is 1. The van der Waals surface area contributed by atoms with Gasteiger partial charge in [-0.3, -0.25) is 0 Å². The molecule has 1 rings (SSSR count). The summed E-state index contributed by atoms with van der Waals surface area (Å²) in [6.07, 6.45) is 1.20. The van der Waals surface area contributed by atoms with Crippen molar-refractivity contribution in [3.63, 3.8) is 0 Å². The lowest BCUT2D eigenvalue weighted by Gasteiger charge is -2.12. The predicted octanol–water partition coefficient (Wildman–Crippen LogP) is 3.24. The maximum Gasteiger partial charge on any atom is 0.100 e. The van der Waals surface area contributed by atoms with Gasteiger partial charge in [0.25, 0.3) is 0 Å². The number of hydrogen-bond acceptors (Lipinski definition) is 4. The summed E-state index contributed by atoms with van der Waals surface area (Å²) in [5, 5.41) is 14.1. The first-order valence-electron chi connectivity index (χ1n) is 5.55. The minimum absolute atomic E-state index is 0.548. The van der Waals surface area contributed by atoms with Crippen LogP contribution in [0.2, 0.25) is 0 Å². The van der Waals surface area contributed by atoms with Crippen LogP contribution in [0, 0.1) is 11.3 Å². The number of nitriles is 1. The zero-order valence-corrected chi connectivity index (χ0v) is 11.5. The first kappa shape index (κ1) is 13.6. The average molecular weight is 254 g/mol. The van der Waals surface area contributed by atoms with Crippen LogP contribution in [0.3, 0.4) is 0 Å². The van der Waals surface area contributed by atoms with E-state index in [0.29, 0.717) is 6.04 Å². The summed E-state index contributed by atoms with van der Waals surface area (Å²) >= 11 is 3.64. The van der Waals surface area contributed by atoms with Crippen LogP contribution >= 0.6 is 23.1 Å². The molecule has 4 heteroatoms. The SMILES string of the molecule is CCSCCC(C)NCc1cc(C#N)cs1. The fraction of sp³-hybridized carbons (Fsp3) is 0.583. The Kier molecular flexibility index (Phi) is 6.55. The van der Waals surface area contributed by atoms with Crippen molar-refractivity contribution < 1.29 is 0 Å². The quantitative estimate of drug-likeness (QED) is 0.759. The zero-order chi connectivity index (χ0) is 11.8. The van der Waals surface area contributed by atoms with Crippen LogP contribution in [-0.4, -0.2) is 17.5 Å². The summed E-state index contributed by atoms with van der Waals surface area (Å²) in [6, 6.07) is 4.67. The van der Waals surface area contributed by atoms with Crippen molar-refractivity contribution in [3.05, 3.63) is 21.9 Å². The molecule has 0 amide bonds. The largest absolute Gasteiger partial charge is 0.309 e. The third-order valence-corrected chi connectivity index (χ3v) is 4.18. The zero-order valence-electron chi connectivity index (χ0n) is 9.82. The van der Waals surface area contributed by atoms with Crippen molar-refractivity contribution in [1.29, 1.82) is 5.26 Å². The van der Waals surface area contributed by atoms with E-state index in [0.717, 1.165) is 12.1 Å². The highest BCUT2D eigenvalue weighted by molar-refractivity contribution is 7.99. The summed E-state index contributed by atoms with van der Waals surface area (Å²) in [7, 11) is 0. The molecule has 0 aliphatic heterocycles. The molecule has 0 spiro atoms. The third-order valence-electron chi connectivity index (χ3n) is 2.31. The van der Waals surface area contributed by atoms with Crippen molar-refractivity contribution in [1.82, 2.24) is 5.32 Å². The Morgan fingerprint density at radius 2 is 2.44 bits per heavy atom. The monoisotopic (exact) mass is 254 g/mol. The standard InChI is InChI=1S/C12H18N2S2/c1-3-15-5-4-10(2)14-8-12-6-11(7-13)9-16-12/h6,9-10,14H,3-5,8H2,1-2H3. The molecule has 2 nitrogen and oxygen atoms in total. The molecule has 0 fully saturated rings. The van der Waals surface area contributed by atoms with E-state index >= 15 is 0 Å². The maximum atomic E-state index is 8.71. The molecular formula is C12H18N2S2. The van der Waals surface area contributed by atoms with Crippen LogP contribution < -0.4 is 5.32 Å². The van der Waals surface area contributed by atoms with Crippen LogP contribution in [0.5, 0.6) is 0 Å². The number of rotatable bonds is 7. The second-order valence-electron chi connectivity index (χ2n) is 3.68. The smallest absolute Gasteiger partial charge is 0.100 e. The van der Waals surface area contributed by atoms with E-state index in [1.807, 2.05) is 23.2 Å². The third kappa shape index (κ3) is 5.02. The topological polar surface area (TPSA) is 35.8 Å². The highest BCUT2D eigenvalue weighted by atomic mass is 32.2. The summed E-state index contributed by atoms with van der Waals surface area (Å²) in [4.78, 5) is 1.24. The minimum Gasteiger partial charge on any atom is -0.309 e. The van der Waals surface area contributed by atoms with E-state index in [9.17, 15) is 0 Å². The minimum atomic E-state index is 0.548. The molecular weight excluding hydrogens is 236 g/mol.